The summed E-state index contributed by atoms with van der Waals surface area (Å²) in [4.78, 5) is 8.25. The molecule has 17 heavy (non-hydrogen) atoms. The smallest absolute Gasteiger partial charge is 0.213 e. The molecule has 0 radical (unpaired) electrons. The van der Waals surface area contributed by atoms with Crippen LogP contribution in [0.1, 0.15) is 5.82 Å². The Balaban J connectivity index is 1.90. The Morgan fingerprint density at radius 2 is 2.06 bits per heavy atom. The first kappa shape index (κ1) is 9.77. The van der Waals surface area contributed by atoms with Crippen molar-refractivity contribution in [2.75, 3.05) is 5.32 Å². The number of hydrogen-bond donors (Lipinski definition) is 1. The van der Waals surface area contributed by atoms with Gasteiger partial charge in [0.2, 0.25) is 6.39 Å². The average Bonchev–Trinajstić information content (AvgIpc) is 2.89. The van der Waals surface area contributed by atoms with Crippen molar-refractivity contribution in [1.82, 2.24) is 15.1 Å². The van der Waals surface area contributed by atoms with Crippen molar-refractivity contribution in [2.24, 2.45) is 0 Å². The molecule has 3 aromatic rings. The van der Waals surface area contributed by atoms with Crippen LogP contribution in [0.4, 0.5) is 5.82 Å². The highest BCUT2D eigenvalue weighted by Crippen LogP contribution is 2.20. The number of hydrogen-bond acceptors (Lipinski definition) is 5. The summed E-state index contributed by atoms with van der Waals surface area (Å²) in [6.45, 7) is 0.498. The van der Waals surface area contributed by atoms with Crippen molar-refractivity contribution in [3.05, 3.63) is 48.7 Å². The quantitative estimate of drug-likeness (QED) is 0.741. The number of nitrogens with zero attached hydrogens (tertiary/aromatic N) is 3. The van der Waals surface area contributed by atoms with Crippen LogP contribution in [-0.4, -0.2) is 15.1 Å². The zero-order valence-corrected chi connectivity index (χ0v) is 9.00. The second kappa shape index (κ2) is 4.21. The maximum atomic E-state index is 4.67. The third-order valence-corrected chi connectivity index (χ3v) is 2.49. The summed E-state index contributed by atoms with van der Waals surface area (Å²) in [6.07, 6.45) is 3.09. The lowest BCUT2D eigenvalue weighted by atomic mass is 10.1. The maximum absolute atomic E-state index is 4.67. The maximum Gasteiger partial charge on any atom is 0.213 e. The Hall–Kier alpha value is -2.43. The summed E-state index contributed by atoms with van der Waals surface area (Å²) in [5, 5.41) is 9.16. The molecule has 0 aliphatic heterocycles. The van der Waals surface area contributed by atoms with Crippen LogP contribution < -0.4 is 5.32 Å². The van der Waals surface area contributed by atoms with E-state index < -0.39 is 0 Å². The fourth-order valence-corrected chi connectivity index (χ4v) is 1.69. The summed E-state index contributed by atoms with van der Waals surface area (Å²) in [5.41, 5.74) is 0. The van der Waals surface area contributed by atoms with Gasteiger partial charge in [-0.15, -0.1) is 0 Å². The number of fused-ring (bicyclic) bond motifs is 1. The molecule has 0 amide bonds. The van der Waals surface area contributed by atoms with E-state index in [1.807, 2.05) is 24.3 Å². The van der Waals surface area contributed by atoms with Crippen LogP contribution >= 0.6 is 0 Å². The van der Waals surface area contributed by atoms with E-state index in [0.717, 1.165) is 16.6 Å². The molecule has 0 saturated carbocycles. The largest absolute Gasteiger partial charge is 0.362 e. The Labute approximate surface area is 97.5 Å². The molecule has 2 aromatic heterocycles. The molecule has 0 bridgehead atoms. The lowest BCUT2D eigenvalue weighted by Crippen LogP contribution is -2.03. The van der Waals surface area contributed by atoms with Gasteiger partial charge in [0.15, 0.2) is 5.82 Å². The molecule has 2 heterocycles. The molecular formula is C12H10N4O. The van der Waals surface area contributed by atoms with E-state index >= 15 is 0 Å². The van der Waals surface area contributed by atoms with E-state index in [1.54, 1.807) is 6.20 Å². The fourth-order valence-electron chi connectivity index (χ4n) is 1.69. The minimum atomic E-state index is 0.498. The molecular weight excluding hydrogens is 216 g/mol. The molecule has 0 unspecified atom stereocenters. The molecule has 0 atom stereocenters. The first-order chi connectivity index (χ1) is 8.43. The van der Waals surface area contributed by atoms with E-state index in [0.29, 0.717) is 12.4 Å². The molecule has 5 heteroatoms. The molecule has 1 aromatic carbocycles. The summed E-state index contributed by atoms with van der Waals surface area (Å²) in [6, 6.07) is 10.1. The minimum absolute atomic E-state index is 0.498. The average molecular weight is 226 g/mol. The summed E-state index contributed by atoms with van der Waals surface area (Å²) in [5.74, 6) is 1.44. The molecule has 0 aliphatic rings. The second-order valence-corrected chi connectivity index (χ2v) is 3.58. The van der Waals surface area contributed by atoms with Gasteiger partial charge in [0.25, 0.3) is 0 Å². The lowest BCUT2D eigenvalue weighted by molar-refractivity contribution is 0.411. The van der Waals surface area contributed by atoms with Gasteiger partial charge in [-0.05, 0) is 11.5 Å². The second-order valence-electron chi connectivity index (χ2n) is 3.58. The minimum Gasteiger partial charge on any atom is -0.362 e. The van der Waals surface area contributed by atoms with Gasteiger partial charge in [-0.3, -0.25) is 0 Å². The number of anilines is 1. The molecule has 5 nitrogen and oxygen atoms in total. The Morgan fingerprint density at radius 1 is 1.12 bits per heavy atom. The predicted octanol–water partition coefficient (Wildman–Crippen LogP) is 2.23. The highest BCUT2D eigenvalue weighted by atomic mass is 16.5. The van der Waals surface area contributed by atoms with Crippen LogP contribution in [0.2, 0.25) is 0 Å². The summed E-state index contributed by atoms with van der Waals surface area (Å²) < 4.78 is 4.67. The van der Waals surface area contributed by atoms with Crippen molar-refractivity contribution >= 4 is 16.6 Å². The van der Waals surface area contributed by atoms with Crippen LogP contribution in [0.15, 0.2) is 47.4 Å². The van der Waals surface area contributed by atoms with Crippen LogP contribution in [0.25, 0.3) is 10.8 Å². The highest BCUT2D eigenvalue weighted by Gasteiger charge is 2.03. The van der Waals surface area contributed by atoms with Gasteiger partial charge in [-0.1, -0.05) is 29.4 Å². The zero-order chi connectivity index (χ0) is 11.5. The summed E-state index contributed by atoms with van der Waals surface area (Å²) >= 11 is 0. The topological polar surface area (TPSA) is 63.8 Å². The monoisotopic (exact) mass is 226 g/mol. The third-order valence-electron chi connectivity index (χ3n) is 2.49. The first-order valence-electron chi connectivity index (χ1n) is 5.26. The van der Waals surface area contributed by atoms with Crippen LogP contribution in [-0.2, 0) is 6.54 Å². The Bertz CT molecular complexity index is 616. The van der Waals surface area contributed by atoms with E-state index in [2.05, 4.69) is 31.0 Å². The molecule has 0 spiro atoms. The van der Waals surface area contributed by atoms with E-state index in [9.17, 15) is 0 Å². The van der Waals surface area contributed by atoms with Crippen molar-refractivity contribution in [3.8, 4) is 0 Å². The van der Waals surface area contributed by atoms with Crippen LogP contribution in [0.5, 0.6) is 0 Å². The van der Waals surface area contributed by atoms with Crippen molar-refractivity contribution in [2.45, 2.75) is 6.54 Å². The van der Waals surface area contributed by atoms with Gasteiger partial charge in [0, 0.05) is 11.6 Å². The third kappa shape index (κ3) is 1.94. The van der Waals surface area contributed by atoms with Gasteiger partial charge in [0.1, 0.15) is 5.82 Å². The van der Waals surface area contributed by atoms with Gasteiger partial charge in [0.05, 0.1) is 6.54 Å². The van der Waals surface area contributed by atoms with Gasteiger partial charge >= 0.3 is 0 Å². The number of nitrogens with one attached hydrogen (secondary N) is 1. The number of pyridine rings is 1. The normalized spacial score (nSPS) is 10.6. The molecule has 1 N–H and O–H groups in total. The molecule has 0 saturated heterocycles. The highest BCUT2D eigenvalue weighted by molar-refractivity contribution is 5.91. The van der Waals surface area contributed by atoms with Gasteiger partial charge in [-0.25, -0.2) is 4.98 Å². The van der Waals surface area contributed by atoms with Crippen LogP contribution in [0, 0.1) is 0 Å². The number of rotatable bonds is 3. The van der Waals surface area contributed by atoms with E-state index in [4.69, 9.17) is 0 Å². The standard InChI is InChI=1S/C12H10N4O/c1-2-4-10-9(3-1)5-6-13-12(10)14-7-11-15-8-17-16-11/h1-6,8H,7H2,(H,13,14). The Kier molecular flexibility index (Phi) is 2.42. The van der Waals surface area contributed by atoms with Crippen molar-refractivity contribution in [1.29, 1.82) is 0 Å². The van der Waals surface area contributed by atoms with Crippen LogP contribution in [0.3, 0.4) is 0 Å². The zero-order valence-electron chi connectivity index (χ0n) is 9.00. The molecule has 3 rings (SSSR count). The van der Waals surface area contributed by atoms with Crippen molar-refractivity contribution in [3.63, 3.8) is 0 Å². The van der Waals surface area contributed by atoms with Crippen molar-refractivity contribution < 1.29 is 4.52 Å². The lowest BCUT2D eigenvalue weighted by Gasteiger charge is -2.06. The van der Waals surface area contributed by atoms with Gasteiger partial charge < -0.3 is 9.84 Å². The predicted molar refractivity (Wildman–Crippen MR) is 63.4 cm³/mol. The van der Waals surface area contributed by atoms with E-state index in [1.165, 1.54) is 6.39 Å². The Morgan fingerprint density at radius 3 is 2.94 bits per heavy atom. The SMILES string of the molecule is c1ccc2c(NCc3ncon3)nccc2c1. The van der Waals surface area contributed by atoms with E-state index in [-0.39, 0.29) is 0 Å². The molecule has 0 aliphatic carbocycles. The first-order valence-corrected chi connectivity index (χ1v) is 5.26. The summed E-state index contributed by atoms with van der Waals surface area (Å²) in [7, 11) is 0. The fraction of sp³-hybridized carbons (Fsp3) is 0.0833. The number of benzene rings is 1. The number of aromatic nitrogens is 3. The molecule has 84 valence electrons. The molecule has 0 fully saturated rings. The van der Waals surface area contributed by atoms with Gasteiger partial charge in [-0.2, -0.15) is 4.98 Å².